The smallest absolute Gasteiger partial charge is 0.0799 e. The Labute approximate surface area is 66.5 Å². The van der Waals surface area contributed by atoms with Crippen molar-refractivity contribution in [3.63, 3.8) is 0 Å². The molecular weight excluding hydrogens is 140 g/mol. The van der Waals surface area contributed by atoms with Crippen LogP contribution in [0.4, 0.5) is 0 Å². The second-order valence-corrected chi connectivity index (χ2v) is 3.30. The number of hydrogen-bond donors (Lipinski definition) is 3. The molecule has 0 bridgehead atoms. The predicted molar refractivity (Wildman–Crippen MR) is 42.7 cm³/mol. The zero-order chi connectivity index (χ0) is 7.68. The molecule has 3 nitrogen and oxygen atoms in total. The first-order valence-corrected chi connectivity index (χ1v) is 4.17. The minimum Gasteiger partial charge on any atom is -0.396 e. The van der Waals surface area contributed by atoms with Crippen molar-refractivity contribution < 1.29 is 5.11 Å². The van der Waals surface area contributed by atoms with Crippen LogP contribution in [0.15, 0.2) is 12.3 Å². The van der Waals surface area contributed by atoms with Gasteiger partial charge in [0, 0.05) is 25.0 Å². The van der Waals surface area contributed by atoms with E-state index in [1.54, 1.807) is 0 Å². The van der Waals surface area contributed by atoms with E-state index in [-0.39, 0.29) is 0 Å². The molecule has 0 aromatic rings. The Morgan fingerprint density at radius 2 is 2.45 bits per heavy atom. The van der Waals surface area contributed by atoms with Crippen LogP contribution in [-0.4, -0.2) is 24.4 Å². The summed E-state index contributed by atoms with van der Waals surface area (Å²) in [6.45, 7) is 1.25. The van der Waals surface area contributed by atoms with Crippen molar-refractivity contribution in [3.05, 3.63) is 12.3 Å². The van der Waals surface area contributed by atoms with E-state index in [0.29, 0.717) is 24.6 Å². The molecule has 3 N–H and O–H groups in total. The summed E-state index contributed by atoms with van der Waals surface area (Å²) in [5.41, 5.74) is 0. The molecule has 0 radical (unpaired) electrons. The molecule has 2 rings (SSSR count). The van der Waals surface area contributed by atoms with Gasteiger partial charge in [-0.1, -0.05) is 6.08 Å². The standard InChI is InChI=1S/C8H14N2O/c11-5-6-4-10-8-7(6)2-1-3-9-8/h1,3,6-11H,2,4-5H2. The lowest BCUT2D eigenvalue weighted by Crippen LogP contribution is -2.40. The largest absolute Gasteiger partial charge is 0.396 e. The van der Waals surface area contributed by atoms with Gasteiger partial charge in [-0.15, -0.1) is 0 Å². The molecule has 2 heterocycles. The number of aliphatic hydroxyl groups excluding tert-OH is 1. The normalized spacial score (nSPS) is 41.7. The van der Waals surface area contributed by atoms with E-state index in [1.165, 1.54) is 0 Å². The summed E-state index contributed by atoms with van der Waals surface area (Å²) >= 11 is 0. The van der Waals surface area contributed by atoms with Gasteiger partial charge in [0.05, 0.1) is 6.17 Å². The van der Waals surface area contributed by atoms with Gasteiger partial charge in [0.2, 0.25) is 0 Å². The molecule has 11 heavy (non-hydrogen) atoms. The third-order valence-electron chi connectivity index (χ3n) is 2.67. The van der Waals surface area contributed by atoms with Crippen molar-refractivity contribution in [2.75, 3.05) is 13.2 Å². The molecule has 0 aromatic carbocycles. The molecule has 0 saturated carbocycles. The highest BCUT2D eigenvalue weighted by Gasteiger charge is 2.34. The lowest BCUT2D eigenvalue weighted by atomic mass is 9.90. The molecule has 3 atom stereocenters. The Hall–Kier alpha value is -0.540. The van der Waals surface area contributed by atoms with E-state index in [4.69, 9.17) is 5.11 Å². The number of aliphatic hydroxyl groups is 1. The Bertz CT molecular complexity index is 169. The van der Waals surface area contributed by atoms with Crippen molar-refractivity contribution in [2.24, 2.45) is 11.8 Å². The van der Waals surface area contributed by atoms with Crippen LogP contribution < -0.4 is 10.6 Å². The summed E-state index contributed by atoms with van der Waals surface area (Å²) in [6.07, 6.45) is 5.62. The molecule has 3 unspecified atom stereocenters. The highest BCUT2D eigenvalue weighted by molar-refractivity contribution is 5.00. The summed E-state index contributed by atoms with van der Waals surface area (Å²) in [5.74, 6) is 1.03. The Kier molecular flexibility index (Phi) is 1.84. The quantitative estimate of drug-likeness (QED) is 0.483. The average Bonchev–Trinajstić information content (AvgIpc) is 2.47. The van der Waals surface area contributed by atoms with Crippen LogP contribution in [0.25, 0.3) is 0 Å². The van der Waals surface area contributed by atoms with Gasteiger partial charge in [0.25, 0.3) is 0 Å². The van der Waals surface area contributed by atoms with Gasteiger partial charge in [-0.25, -0.2) is 0 Å². The maximum Gasteiger partial charge on any atom is 0.0799 e. The van der Waals surface area contributed by atoms with Crippen LogP contribution in [0.2, 0.25) is 0 Å². The third kappa shape index (κ3) is 1.14. The van der Waals surface area contributed by atoms with Crippen molar-refractivity contribution in [1.29, 1.82) is 0 Å². The van der Waals surface area contributed by atoms with Crippen molar-refractivity contribution in [1.82, 2.24) is 10.6 Å². The Morgan fingerprint density at radius 1 is 1.55 bits per heavy atom. The van der Waals surface area contributed by atoms with E-state index < -0.39 is 0 Å². The summed E-state index contributed by atoms with van der Waals surface area (Å²) in [4.78, 5) is 0. The fourth-order valence-electron chi connectivity index (χ4n) is 1.96. The number of hydrogen-bond acceptors (Lipinski definition) is 3. The summed E-state index contributed by atoms with van der Waals surface area (Å²) in [6, 6.07) is 0. The van der Waals surface area contributed by atoms with Gasteiger partial charge >= 0.3 is 0 Å². The molecule has 0 amide bonds. The molecule has 1 saturated heterocycles. The van der Waals surface area contributed by atoms with Gasteiger partial charge in [0.1, 0.15) is 0 Å². The second kappa shape index (κ2) is 2.83. The maximum absolute atomic E-state index is 9.01. The summed E-state index contributed by atoms with van der Waals surface area (Å²) in [5, 5.41) is 15.6. The molecule has 0 aliphatic carbocycles. The van der Waals surface area contributed by atoms with E-state index in [0.717, 1.165) is 13.0 Å². The number of rotatable bonds is 1. The topological polar surface area (TPSA) is 44.3 Å². The first kappa shape index (κ1) is 7.13. The van der Waals surface area contributed by atoms with E-state index in [1.807, 2.05) is 6.20 Å². The highest BCUT2D eigenvalue weighted by atomic mass is 16.3. The minimum atomic E-state index is 0.309. The van der Waals surface area contributed by atoms with E-state index in [9.17, 15) is 0 Å². The van der Waals surface area contributed by atoms with Crippen molar-refractivity contribution in [2.45, 2.75) is 12.6 Å². The monoisotopic (exact) mass is 154 g/mol. The summed E-state index contributed by atoms with van der Waals surface area (Å²) < 4.78 is 0. The van der Waals surface area contributed by atoms with Gasteiger partial charge in [-0.3, -0.25) is 5.32 Å². The van der Waals surface area contributed by atoms with Crippen molar-refractivity contribution in [3.8, 4) is 0 Å². The van der Waals surface area contributed by atoms with E-state index >= 15 is 0 Å². The maximum atomic E-state index is 9.01. The minimum absolute atomic E-state index is 0.309. The van der Waals surface area contributed by atoms with Crippen LogP contribution in [0.5, 0.6) is 0 Å². The molecule has 0 aromatic heterocycles. The van der Waals surface area contributed by atoms with Crippen LogP contribution in [-0.2, 0) is 0 Å². The lowest BCUT2D eigenvalue weighted by Gasteiger charge is -2.25. The molecular formula is C8H14N2O. The predicted octanol–water partition coefficient (Wildman–Crippen LogP) is -0.353. The lowest BCUT2D eigenvalue weighted by molar-refractivity contribution is 0.192. The fourth-order valence-corrected chi connectivity index (χ4v) is 1.96. The first-order valence-electron chi connectivity index (χ1n) is 4.17. The second-order valence-electron chi connectivity index (χ2n) is 3.30. The molecule has 2 aliphatic rings. The zero-order valence-electron chi connectivity index (χ0n) is 6.46. The van der Waals surface area contributed by atoms with Crippen molar-refractivity contribution >= 4 is 0 Å². The number of allylic oxidation sites excluding steroid dienone is 1. The van der Waals surface area contributed by atoms with Crippen LogP contribution in [0, 0.1) is 11.8 Å². The number of fused-ring (bicyclic) bond motifs is 1. The fraction of sp³-hybridized carbons (Fsp3) is 0.750. The zero-order valence-corrected chi connectivity index (χ0v) is 6.46. The van der Waals surface area contributed by atoms with Crippen LogP contribution in [0.3, 0.4) is 0 Å². The van der Waals surface area contributed by atoms with Gasteiger partial charge in [-0.2, -0.15) is 0 Å². The molecule has 3 heteroatoms. The molecule has 0 spiro atoms. The SMILES string of the molecule is OCC1CNC2NC=CCC12. The average molecular weight is 154 g/mol. The Balaban J connectivity index is 2.05. The molecule has 1 fully saturated rings. The molecule has 2 aliphatic heterocycles. The Morgan fingerprint density at radius 3 is 3.27 bits per heavy atom. The highest BCUT2D eigenvalue weighted by Crippen LogP contribution is 2.26. The van der Waals surface area contributed by atoms with Gasteiger partial charge in [-0.05, 0) is 12.6 Å². The van der Waals surface area contributed by atoms with E-state index in [2.05, 4.69) is 16.7 Å². The van der Waals surface area contributed by atoms with Gasteiger partial charge < -0.3 is 10.4 Å². The first-order chi connectivity index (χ1) is 5.42. The molecule has 62 valence electrons. The summed E-state index contributed by atoms with van der Waals surface area (Å²) in [7, 11) is 0. The van der Waals surface area contributed by atoms with Gasteiger partial charge in [0.15, 0.2) is 0 Å². The van der Waals surface area contributed by atoms with Crippen LogP contribution in [0.1, 0.15) is 6.42 Å². The number of nitrogens with one attached hydrogen (secondary N) is 2. The van der Waals surface area contributed by atoms with Crippen LogP contribution >= 0.6 is 0 Å². The third-order valence-corrected chi connectivity index (χ3v) is 2.67.